The third kappa shape index (κ3) is 11.7. The van der Waals surface area contributed by atoms with E-state index >= 15 is 0 Å². The quantitative estimate of drug-likeness (QED) is 0.0244. The van der Waals surface area contributed by atoms with E-state index in [1.165, 1.54) is 39.0 Å². The fourth-order valence-corrected chi connectivity index (χ4v) is 13.3. The number of phosphoric acid groups is 2. The summed E-state index contributed by atoms with van der Waals surface area (Å²) >= 11 is 0. The molecule has 14 N–H and O–H groups in total. The van der Waals surface area contributed by atoms with Crippen LogP contribution in [0.1, 0.15) is 18.7 Å². The van der Waals surface area contributed by atoms with Gasteiger partial charge in [-0.25, -0.2) is 42.6 Å². The van der Waals surface area contributed by atoms with Gasteiger partial charge < -0.3 is 70.0 Å². The first-order valence-corrected chi connectivity index (χ1v) is 27.3. The maximum Gasteiger partial charge on any atom is 0.480 e. The number of ether oxygens (including phenoxy) is 5. The average molecular weight is 1130 g/mol. The van der Waals surface area contributed by atoms with Gasteiger partial charge in [0.05, 0.1) is 45.9 Å². The van der Waals surface area contributed by atoms with Crippen molar-refractivity contribution in [3.63, 3.8) is 0 Å². The molecule has 3 aliphatic rings. The number of rotatable bonds is 21. The lowest BCUT2D eigenvalue weighted by Gasteiger charge is -2.26. The van der Waals surface area contributed by atoms with Crippen LogP contribution in [0.25, 0.3) is 22.3 Å². The molecule has 8 rings (SSSR count). The van der Waals surface area contributed by atoms with Gasteiger partial charge in [0.25, 0.3) is 17.1 Å². The second kappa shape index (κ2) is 21.4. The number of nitrogen functional groups attached to an aromatic ring is 2. The number of nitrogens with zero attached hydrogens (tertiary/aromatic N) is 8. The molecule has 0 amide bonds. The summed E-state index contributed by atoms with van der Waals surface area (Å²) < 4.78 is 111. The number of hydrogen-bond acceptors (Lipinski definition) is 26. The zero-order valence-electron chi connectivity index (χ0n) is 38.2. The Kier molecular flexibility index (Phi) is 16.1. The van der Waals surface area contributed by atoms with Gasteiger partial charge in [-0.3, -0.25) is 51.4 Å². The summed E-state index contributed by atoms with van der Waals surface area (Å²) in [5, 5.41) is 32.5. The molecule has 5 aromatic rings. The maximum atomic E-state index is 13.6. The van der Waals surface area contributed by atoms with Crippen LogP contribution >= 0.6 is 31.1 Å². The molecule has 0 radical (unpaired) electrons. The van der Waals surface area contributed by atoms with Gasteiger partial charge >= 0.3 is 42.5 Å². The molecule has 16 atom stereocenters. The number of aryl methyl sites for hydroxylation is 1. The van der Waals surface area contributed by atoms with Crippen LogP contribution in [0.2, 0.25) is 0 Å². The summed E-state index contributed by atoms with van der Waals surface area (Å²) in [4.78, 5) is 101. The monoisotopic (exact) mass is 1130 g/mol. The highest BCUT2D eigenvalue weighted by atomic mass is 31.3. The van der Waals surface area contributed by atoms with Gasteiger partial charge in [-0.05, 0) is 0 Å². The van der Waals surface area contributed by atoms with Gasteiger partial charge in [-0.15, -0.1) is 4.86 Å². The lowest BCUT2D eigenvalue weighted by atomic mass is 9.99. The van der Waals surface area contributed by atoms with Crippen LogP contribution in [0.4, 0.5) is 11.8 Å². The van der Waals surface area contributed by atoms with Crippen molar-refractivity contribution in [2.45, 2.75) is 67.5 Å². The number of imidazole rings is 2. The van der Waals surface area contributed by atoms with E-state index in [4.69, 9.17) is 53.2 Å². The van der Waals surface area contributed by atoms with Crippen molar-refractivity contribution in [2.24, 2.45) is 13.0 Å². The molecule has 74 heavy (non-hydrogen) atoms. The molecule has 4 unspecified atom stereocenters. The van der Waals surface area contributed by atoms with Crippen molar-refractivity contribution in [3.8, 4) is 0 Å². The van der Waals surface area contributed by atoms with Crippen LogP contribution < -0.4 is 37.7 Å². The number of aliphatic hydroxyl groups excluding tert-OH is 3. The Morgan fingerprint density at radius 3 is 2.19 bits per heavy atom. The smallest absolute Gasteiger partial charge is 0.387 e. The number of aromatic amines is 2. The predicted octanol–water partition coefficient (Wildman–Crippen LogP) is -4.40. The average Bonchev–Trinajstić information content (AvgIpc) is 4.10. The summed E-state index contributed by atoms with van der Waals surface area (Å²) in [6, 6.07) is 0.929. The molecule has 0 saturated carbocycles. The molecule has 8 heterocycles. The Hall–Kier alpha value is -4.62. The van der Waals surface area contributed by atoms with Crippen molar-refractivity contribution >= 4 is 65.2 Å². The lowest BCUT2D eigenvalue weighted by Crippen LogP contribution is -2.45. The number of phosphoric ester groups is 2. The first-order chi connectivity index (χ1) is 34.7. The summed E-state index contributed by atoms with van der Waals surface area (Å²) in [6.07, 6.45) is -13.1. The van der Waals surface area contributed by atoms with E-state index in [2.05, 4.69) is 29.2 Å². The SMILES string of the molecule is COC[C@H]1[C@@H](O)[C@H]([n+]2cn(C)c3c(=O)[nH]c(N)nc32)O[C@@H]1COP(=O)(O)OP(=O)(O)NP(=O)(O)OC[C@H]1O[C@@H](n2cnc3c(N)ncnc32)[C@H](OC)[C@@H]1OP(=O)(O)OC[C@H]1O[C@@H](n2ccc(=O)[nH]c2=O)[C@H](O)[C@@H]1O. The largest absolute Gasteiger partial charge is 0.480 e. The van der Waals surface area contributed by atoms with E-state index in [9.17, 15) is 67.5 Å². The molecule has 0 bridgehead atoms. The van der Waals surface area contributed by atoms with E-state index in [0.29, 0.717) is 0 Å². The minimum Gasteiger partial charge on any atom is -0.387 e. The molecule has 37 nitrogen and oxygen atoms in total. The number of anilines is 2. The standard InChI is InChI=1S/C33H47N13O24P4/c1-43-12-46(27-19(43)28(51)41-32(35)40-27)29-20(48)13(6-61-2)14(66-29)7-65-74(59,60)70-72(55,56)42-71(53,54)63-9-16-23(24(62-3)31(68-16)45-11-38-18-25(34)36-10-37-26(18)45)69-73(57,58)64-8-15-21(49)22(50)30(67-15)44-5-4-17(47)39-33(44)52/h4-5,10-16,20-24,29-31,48-50H,6-9H2,1-3H3,(H10-,34,35,36,37,39,40,41,42,47,51,52,53,54,55,56,57,58,59,60)/p+1/t13-,14-,15-,16-,20-,21-,22-,23-,24-,29-,30-,31-/m1/s1. The number of methoxy groups -OCH3 is 2. The van der Waals surface area contributed by atoms with E-state index in [0.717, 1.165) is 36.6 Å². The number of aliphatic hydroxyl groups is 3. The molecule has 0 aliphatic carbocycles. The van der Waals surface area contributed by atoms with Crippen LogP contribution in [0.5, 0.6) is 0 Å². The van der Waals surface area contributed by atoms with Gasteiger partial charge in [0, 0.05) is 32.4 Å². The molecule has 3 fully saturated rings. The topological polar surface area (TPSA) is 519 Å². The molecular formula is C33H48N13O24P4+. The summed E-state index contributed by atoms with van der Waals surface area (Å²) in [6.45, 7) is -3.37. The van der Waals surface area contributed by atoms with Crippen LogP contribution in [0, 0.1) is 5.92 Å². The van der Waals surface area contributed by atoms with Gasteiger partial charge in [-0.1, -0.05) is 4.98 Å². The van der Waals surface area contributed by atoms with Crippen LogP contribution in [0.3, 0.4) is 0 Å². The minimum atomic E-state index is -5.93. The summed E-state index contributed by atoms with van der Waals surface area (Å²) in [5.74, 6) is -1.36. The van der Waals surface area contributed by atoms with E-state index in [1.54, 1.807) is 0 Å². The highest BCUT2D eigenvalue weighted by molar-refractivity contribution is 7.71. The molecule has 3 saturated heterocycles. The zero-order chi connectivity index (χ0) is 53.8. The van der Waals surface area contributed by atoms with Crippen LogP contribution in [-0.2, 0) is 71.4 Å². The number of fused-ring (bicyclic) bond motifs is 2. The molecular weight excluding hydrogens is 1090 g/mol. The second-order valence-electron chi connectivity index (χ2n) is 16.5. The molecule has 0 aromatic carbocycles. The highest BCUT2D eigenvalue weighted by Gasteiger charge is 2.53. The number of aromatic nitrogens is 10. The van der Waals surface area contributed by atoms with Crippen molar-refractivity contribution < 1.29 is 104 Å². The Balaban J connectivity index is 0.939. The Bertz CT molecular complexity index is 3270. The van der Waals surface area contributed by atoms with Crippen LogP contribution in [-0.4, -0.2) is 168 Å². The molecule has 0 spiro atoms. The first kappa shape index (κ1) is 55.6. The third-order valence-corrected chi connectivity index (χ3v) is 17.3. The Morgan fingerprint density at radius 2 is 1.49 bits per heavy atom. The van der Waals surface area contributed by atoms with E-state index in [1.807, 2.05) is 4.98 Å². The zero-order valence-corrected chi connectivity index (χ0v) is 41.8. The fourth-order valence-electron chi connectivity index (χ4n) is 8.33. The molecule has 3 aliphatic heterocycles. The van der Waals surface area contributed by atoms with Crippen molar-refractivity contribution in [2.75, 3.05) is 52.1 Å². The number of H-pyrrole nitrogens is 2. The summed E-state index contributed by atoms with van der Waals surface area (Å²) in [5.41, 5.74) is 9.34. The van der Waals surface area contributed by atoms with Crippen LogP contribution in [0.15, 0.2) is 45.6 Å². The summed E-state index contributed by atoms with van der Waals surface area (Å²) in [7, 11) is -18.9. The van der Waals surface area contributed by atoms with Crippen molar-refractivity contribution in [1.29, 1.82) is 0 Å². The predicted molar refractivity (Wildman–Crippen MR) is 239 cm³/mol. The number of nitrogens with two attached hydrogens (primary N) is 2. The third-order valence-electron chi connectivity index (χ3n) is 11.6. The molecule has 408 valence electrons. The van der Waals surface area contributed by atoms with Gasteiger partial charge in [0.1, 0.15) is 54.6 Å². The molecule has 41 heteroatoms. The fraction of sp³-hybridized carbons (Fsp3) is 0.576. The van der Waals surface area contributed by atoms with E-state index in [-0.39, 0.29) is 40.7 Å². The minimum absolute atomic E-state index is 0.0133. The van der Waals surface area contributed by atoms with E-state index < -0.39 is 141 Å². The second-order valence-corrected chi connectivity index (χ2v) is 22.9. The normalized spacial score (nSPS) is 30.6. The maximum absolute atomic E-state index is 13.6. The van der Waals surface area contributed by atoms with Gasteiger partial charge in [0.15, 0.2) is 30.2 Å². The number of hydrogen-bond donors (Lipinski definition) is 12. The first-order valence-electron chi connectivity index (χ1n) is 21.2. The van der Waals surface area contributed by atoms with Gasteiger partial charge in [0.2, 0.25) is 11.7 Å². The van der Waals surface area contributed by atoms with Crippen molar-refractivity contribution in [1.82, 2.24) is 48.5 Å². The van der Waals surface area contributed by atoms with Crippen molar-refractivity contribution in [3.05, 3.63) is 62.4 Å². The molecule has 5 aromatic heterocycles. The lowest BCUT2D eigenvalue weighted by molar-refractivity contribution is -0.745. The number of nitrogens with one attached hydrogen (secondary N) is 3. The highest BCUT2D eigenvalue weighted by Crippen LogP contribution is 2.62. The Morgan fingerprint density at radius 1 is 0.797 bits per heavy atom. The van der Waals surface area contributed by atoms with Gasteiger partial charge in [-0.2, -0.15) is 4.31 Å². The Labute approximate surface area is 411 Å².